The number of nitrogens with zero attached hydrogens (tertiary/aromatic N) is 1. The van der Waals surface area contributed by atoms with Gasteiger partial charge in [-0.25, -0.2) is 4.79 Å². The summed E-state index contributed by atoms with van der Waals surface area (Å²) in [6.45, 7) is 4.00. The SMILES string of the molecule is COC(=O)C1=C(N)N(c2ccc(Cl)cc2)C2=C(C(=O)CC(C)(C)C2)C12C(=O)Nc1ccccc12. The second-order valence-electron chi connectivity index (χ2n) is 9.58. The Hall–Kier alpha value is -3.58. The van der Waals surface area contributed by atoms with Gasteiger partial charge in [0.25, 0.3) is 0 Å². The van der Waals surface area contributed by atoms with Crippen molar-refractivity contribution < 1.29 is 19.1 Å². The van der Waals surface area contributed by atoms with Crippen molar-refractivity contribution in [2.24, 2.45) is 11.1 Å². The molecular formula is C26H24ClN3O4. The van der Waals surface area contributed by atoms with Crippen molar-refractivity contribution in [3.8, 4) is 0 Å². The zero-order chi connectivity index (χ0) is 24.4. The molecule has 2 aromatic carbocycles. The number of carbonyl (C=O) groups is 3. The van der Waals surface area contributed by atoms with Crippen molar-refractivity contribution in [2.75, 3.05) is 17.3 Å². The van der Waals surface area contributed by atoms with Crippen molar-refractivity contribution in [3.63, 3.8) is 0 Å². The van der Waals surface area contributed by atoms with Crippen LogP contribution < -0.4 is 16.0 Å². The van der Waals surface area contributed by atoms with E-state index in [2.05, 4.69) is 5.32 Å². The minimum absolute atomic E-state index is 0.0466. The van der Waals surface area contributed by atoms with Gasteiger partial charge in [-0.15, -0.1) is 0 Å². The maximum atomic E-state index is 13.9. The third-order valence-electron chi connectivity index (χ3n) is 6.76. The Kier molecular flexibility index (Phi) is 4.88. The van der Waals surface area contributed by atoms with Crippen LogP contribution in [0, 0.1) is 5.41 Å². The van der Waals surface area contributed by atoms with Crippen molar-refractivity contribution in [1.82, 2.24) is 0 Å². The van der Waals surface area contributed by atoms with Gasteiger partial charge in [0, 0.05) is 39.7 Å². The lowest BCUT2D eigenvalue weighted by atomic mass is 9.60. The smallest absolute Gasteiger partial charge is 0.339 e. The minimum atomic E-state index is -1.69. The Balaban J connectivity index is 1.92. The molecule has 1 unspecified atom stereocenters. The Morgan fingerprint density at radius 2 is 1.76 bits per heavy atom. The number of amides is 1. The van der Waals surface area contributed by atoms with E-state index in [-0.39, 0.29) is 34.6 Å². The number of benzene rings is 2. The molecule has 0 radical (unpaired) electrons. The highest BCUT2D eigenvalue weighted by Crippen LogP contribution is 2.57. The molecule has 1 spiro atoms. The molecule has 0 aromatic heterocycles. The molecule has 1 atom stereocenters. The molecular weight excluding hydrogens is 454 g/mol. The van der Waals surface area contributed by atoms with E-state index in [9.17, 15) is 14.4 Å². The zero-order valence-corrected chi connectivity index (χ0v) is 19.8. The van der Waals surface area contributed by atoms with Crippen molar-refractivity contribution >= 4 is 40.6 Å². The van der Waals surface area contributed by atoms with Gasteiger partial charge in [-0.2, -0.15) is 0 Å². The van der Waals surface area contributed by atoms with Crippen LogP contribution in [0.3, 0.4) is 0 Å². The fraction of sp³-hybridized carbons (Fsp3) is 0.269. The number of nitrogens with two attached hydrogens (primary N) is 1. The first-order valence-corrected chi connectivity index (χ1v) is 11.3. The third kappa shape index (κ3) is 2.93. The summed E-state index contributed by atoms with van der Waals surface area (Å²) in [5, 5.41) is 3.40. The molecule has 1 aliphatic carbocycles. The number of esters is 1. The molecule has 2 heterocycles. The van der Waals surface area contributed by atoms with E-state index in [1.54, 1.807) is 53.4 Å². The standard InChI is InChI=1S/C26H24ClN3O4/c1-25(2)12-18-20(19(31)13-25)26(16-6-4-5-7-17(16)29-24(26)33)21(23(32)34-3)22(28)30(18)15-10-8-14(27)9-11-15/h4-11H,12-13,28H2,1-3H3,(H,29,33). The van der Waals surface area contributed by atoms with Crippen LogP contribution >= 0.6 is 11.6 Å². The Morgan fingerprint density at radius 3 is 2.44 bits per heavy atom. The lowest BCUT2D eigenvalue weighted by Crippen LogP contribution is -2.54. The second-order valence-corrected chi connectivity index (χ2v) is 10.0. The van der Waals surface area contributed by atoms with Crippen LogP contribution in [0.4, 0.5) is 11.4 Å². The number of methoxy groups -OCH3 is 1. The summed E-state index contributed by atoms with van der Waals surface area (Å²) in [5.74, 6) is -1.42. The van der Waals surface area contributed by atoms with Gasteiger partial charge in [0.15, 0.2) is 5.78 Å². The molecule has 1 amide bonds. The number of hydrogen-bond donors (Lipinski definition) is 2. The van der Waals surface area contributed by atoms with Crippen LogP contribution in [-0.2, 0) is 24.5 Å². The molecule has 174 valence electrons. The first-order valence-electron chi connectivity index (χ1n) is 10.9. The number of ketones is 1. The summed E-state index contributed by atoms with van der Waals surface area (Å²) in [4.78, 5) is 42.7. The number of carbonyl (C=O) groups excluding carboxylic acids is 3. The van der Waals surface area contributed by atoms with Crippen LogP contribution in [0.5, 0.6) is 0 Å². The van der Waals surface area contributed by atoms with E-state index < -0.39 is 17.3 Å². The molecule has 34 heavy (non-hydrogen) atoms. The lowest BCUT2D eigenvalue weighted by Gasteiger charge is -2.47. The van der Waals surface area contributed by atoms with Crippen molar-refractivity contribution in [1.29, 1.82) is 0 Å². The second kappa shape index (κ2) is 7.46. The van der Waals surface area contributed by atoms with E-state index in [4.69, 9.17) is 22.1 Å². The van der Waals surface area contributed by atoms with E-state index in [0.29, 0.717) is 34.1 Å². The molecule has 3 N–H and O–H groups in total. The van der Waals surface area contributed by atoms with E-state index in [0.717, 1.165) is 0 Å². The molecule has 5 rings (SSSR count). The maximum Gasteiger partial charge on any atom is 0.339 e. The molecule has 0 bridgehead atoms. The van der Waals surface area contributed by atoms with Gasteiger partial charge in [0.05, 0.1) is 7.11 Å². The van der Waals surface area contributed by atoms with Crippen LogP contribution in [0.15, 0.2) is 71.2 Å². The summed E-state index contributed by atoms with van der Waals surface area (Å²) in [6, 6.07) is 14.0. The number of hydrogen-bond acceptors (Lipinski definition) is 6. The number of fused-ring (bicyclic) bond motifs is 3. The van der Waals surface area contributed by atoms with Gasteiger partial charge in [-0.05, 0) is 42.2 Å². The number of Topliss-reactive ketones (excluding diaryl/α,β-unsaturated/α-hetero) is 1. The number of rotatable bonds is 2. The Bertz CT molecular complexity index is 1330. The average Bonchev–Trinajstić information content (AvgIpc) is 3.05. The van der Waals surface area contributed by atoms with Crippen molar-refractivity contribution in [2.45, 2.75) is 32.1 Å². The monoisotopic (exact) mass is 477 g/mol. The molecule has 8 heteroatoms. The number of halogens is 1. The largest absolute Gasteiger partial charge is 0.466 e. The van der Waals surface area contributed by atoms with Crippen LogP contribution in [0.2, 0.25) is 5.02 Å². The third-order valence-corrected chi connectivity index (χ3v) is 7.02. The molecule has 2 aliphatic heterocycles. The van der Waals surface area contributed by atoms with Gasteiger partial charge in [-0.3, -0.25) is 14.5 Å². The number of nitrogens with one attached hydrogen (secondary N) is 1. The summed E-state index contributed by atoms with van der Waals surface area (Å²) >= 11 is 6.11. The van der Waals surface area contributed by atoms with Crippen LogP contribution in [0.25, 0.3) is 0 Å². The highest BCUT2D eigenvalue weighted by Gasteiger charge is 2.62. The predicted molar refractivity (Wildman–Crippen MR) is 129 cm³/mol. The number of ether oxygens (including phenoxy) is 1. The average molecular weight is 478 g/mol. The summed E-state index contributed by atoms with van der Waals surface area (Å²) < 4.78 is 5.13. The first-order chi connectivity index (χ1) is 16.1. The fourth-order valence-corrected chi connectivity index (χ4v) is 5.60. The zero-order valence-electron chi connectivity index (χ0n) is 19.1. The minimum Gasteiger partial charge on any atom is -0.466 e. The lowest BCUT2D eigenvalue weighted by molar-refractivity contribution is -0.138. The predicted octanol–water partition coefficient (Wildman–Crippen LogP) is 4.04. The maximum absolute atomic E-state index is 13.9. The van der Waals surface area contributed by atoms with Gasteiger partial charge < -0.3 is 15.8 Å². The van der Waals surface area contributed by atoms with E-state index in [1.165, 1.54) is 7.11 Å². The Labute approximate surface area is 202 Å². The topological polar surface area (TPSA) is 102 Å². The molecule has 3 aliphatic rings. The van der Waals surface area contributed by atoms with E-state index >= 15 is 0 Å². The molecule has 7 nitrogen and oxygen atoms in total. The highest BCUT2D eigenvalue weighted by molar-refractivity contribution is 6.30. The molecule has 0 saturated heterocycles. The quantitative estimate of drug-likeness (QED) is 0.633. The molecule has 2 aromatic rings. The van der Waals surface area contributed by atoms with Gasteiger partial charge in [-0.1, -0.05) is 43.6 Å². The highest BCUT2D eigenvalue weighted by atomic mass is 35.5. The Morgan fingerprint density at radius 1 is 1.09 bits per heavy atom. The first kappa shape index (κ1) is 22.2. The summed E-state index contributed by atoms with van der Waals surface area (Å²) in [5.41, 5.74) is 7.13. The van der Waals surface area contributed by atoms with Crippen LogP contribution in [0.1, 0.15) is 32.3 Å². The van der Waals surface area contributed by atoms with E-state index in [1.807, 2.05) is 13.8 Å². The molecule has 0 fully saturated rings. The summed E-state index contributed by atoms with van der Waals surface area (Å²) in [6.07, 6.45) is 0.703. The van der Waals surface area contributed by atoms with Crippen molar-refractivity contribution in [3.05, 3.63) is 81.8 Å². The van der Waals surface area contributed by atoms with Gasteiger partial charge in [0.1, 0.15) is 16.8 Å². The van der Waals surface area contributed by atoms with Gasteiger partial charge >= 0.3 is 5.97 Å². The fourth-order valence-electron chi connectivity index (χ4n) is 5.48. The number of para-hydroxylation sites is 1. The number of allylic oxidation sites excluding steroid dienone is 1. The van der Waals surface area contributed by atoms with Gasteiger partial charge in [0.2, 0.25) is 5.91 Å². The van der Waals surface area contributed by atoms with Crippen LogP contribution in [-0.4, -0.2) is 24.8 Å². The number of anilines is 2. The normalized spacial score (nSPS) is 23.1. The summed E-state index contributed by atoms with van der Waals surface area (Å²) in [7, 11) is 1.23. The molecule has 0 saturated carbocycles.